The van der Waals surface area contributed by atoms with Gasteiger partial charge in [0.15, 0.2) is 0 Å². The van der Waals surface area contributed by atoms with Crippen LogP contribution in [0.2, 0.25) is 0 Å². The van der Waals surface area contributed by atoms with E-state index in [1.165, 1.54) is 0 Å². The van der Waals surface area contributed by atoms with Gasteiger partial charge in [0.1, 0.15) is 0 Å². The Labute approximate surface area is 161 Å². The summed E-state index contributed by atoms with van der Waals surface area (Å²) >= 11 is 0. The minimum absolute atomic E-state index is 0.186. The second kappa shape index (κ2) is 8.48. The Kier molecular flexibility index (Phi) is 6.06. The van der Waals surface area contributed by atoms with Gasteiger partial charge in [-0.2, -0.15) is 0 Å². The molecule has 2 atom stereocenters. The predicted octanol–water partition coefficient (Wildman–Crippen LogP) is 3.76. The molecule has 0 aliphatic heterocycles. The normalized spacial score (nSPS) is 13.9. The summed E-state index contributed by atoms with van der Waals surface area (Å²) in [5.74, 6) is -0.186. The van der Waals surface area contributed by atoms with Gasteiger partial charge in [0.05, 0.1) is 4.90 Å². The van der Waals surface area contributed by atoms with E-state index in [2.05, 4.69) is 4.72 Å². The molecule has 0 saturated carbocycles. The Morgan fingerprint density at radius 2 is 1.33 bits per heavy atom. The Bertz CT molecular complexity index is 956. The molecule has 0 spiro atoms. The molecule has 3 aromatic rings. The van der Waals surface area contributed by atoms with Gasteiger partial charge < -0.3 is 5.73 Å². The van der Waals surface area contributed by atoms with Crippen molar-refractivity contribution in [1.82, 2.24) is 4.72 Å². The summed E-state index contributed by atoms with van der Waals surface area (Å²) in [4.78, 5) is 0.258. The molecule has 0 aliphatic carbocycles. The topological polar surface area (TPSA) is 72.2 Å². The van der Waals surface area contributed by atoms with Crippen LogP contribution in [0, 0.1) is 6.92 Å². The van der Waals surface area contributed by atoms with Gasteiger partial charge in [-0.1, -0.05) is 78.4 Å². The van der Waals surface area contributed by atoms with Crippen molar-refractivity contribution in [2.75, 3.05) is 6.54 Å². The number of hydrogen-bond acceptors (Lipinski definition) is 3. The molecule has 0 bridgehead atoms. The number of rotatable bonds is 7. The summed E-state index contributed by atoms with van der Waals surface area (Å²) in [7, 11) is -3.60. The Hall–Kier alpha value is -2.47. The average molecular weight is 381 g/mol. The monoisotopic (exact) mass is 380 g/mol. The lowest BCUT2D eigenvalue weighted by atomic mass is 9.88. The van der Waals surface area contributed by atoms with E-state index in [4.69, 9.17) is 5.73 Å². The standard InChI is InChI=1S/C22H24N2O2S/c1-17-12-14-20(15-13-17)27(25,26)24-16-21(18-8-4-2-5-9-18)22(23)19-10-6-3-7-11-19/h2-15,21-22,24H,16,23H2,1H3. The van der Waals surface area contributed by atoms with Crippen molar-refractivity contribution in [1.29, 1.82) is 0 Å². The first-order chi connectivity index (χ1) is 13.0. The molecule has 0 amide bonds. The zero-order valence-electron chi connectivity index (χ0n) is 15.2. The number of benzene rings is 3. The zero-order chi connectivity index (χ0) is 19.3. The minimum Gasteiger partial charge on any atom is -0.323 e. The minimum atomic E-state index is -3.60. The maximum absolute atomic E-state index is 12.7. The van der Waals surface area contributed by atoms with Crippen molar-refractivity contribution >= 4 is 10.0 Å². The molecular formula is C22H24N2O2S. The van der Waals surface area contributed by atoms with E-state index in [1.54, 1.807) is 24.3 Å². The van der Waals surface area contributed by atoms with Crippen LogP contribution in [0.15, 0.2) is 89.8 Å². The molecule has 3 N–H and O–H groups in total. The van der Waals surface area contributed by atoms with Crippen molar-refractivity contribution in [3.63, 3.8) is 0 Å². The van der Waals surface area contributed by atoms with Crippen LogP contribution >= 0.6 is 0 Å². The summed E-state index contributed by atoms with van der Waals surface area (Å²) in [6.45, 7) is 2.14. The van der Waals surface area contributed by atoms with Crippen LogP contribution in [0.1, 0.15) is 28.7 Å². The van der Waals surface area contributed by atoms with Crippen LogP contribution in [0.4, 0.5) is 0 Å². The molecule has 0 aromatic heterocycles. The summed E-state index contributed by atoms with van der Waals surface area (Å²) < 4.78 is 28.1. The molecule has 3 rings (SSSR count). The van der Waals surface area contributed by atoms with Gasteiger partial charge in [-0.05, 0) is 30.2 Å². The Balaban J connectivity index is 1.85. The fourth-order valence-electron chi connectivity index (χ4n) is 3.06. The molecule has 27 heavy (non-hydrogen) atoms. The van der Waals surface area contributed by atoms with Gasteiger partial charge in [0.2, 0.25) is 10.0 Å². The third-order valence-corrected chi connectivity index (χ3v) is 6.11. The molecule has 0 heterocycles. The summed E-state index contributed by atoms with van der Waals surface area (Å²) in [6.07, 6.45) is 0. The van der Waals surface area contributed by atoms with Gasteiger partial charge in [0, 0.05) is 18.5 Å². The molecule has 5 heteroatoms. The fourth-order valence-corrected chi connectivity index (χ4v) is 4.12. The number of sulfonamides is 1. The molecule has 0 saturated heterocycles. The van der Waals surface area contributed by atoms with Crippen molar-refractivity contribution in [2.45, 2.75) is 23.8 Å². The third kappa shape index (κ3) is 4.83. The largest absolute Gasteiger partial charge is 0.323 e. The predicted molar refractivity (Wildman–Crippen MR) is 109 cm³/mol. The zero-order valence-corrected chi connectivity index (χ0v) is 16.1. The third-order valence-electron chi connectivity index (χ3n) is 4.67. The highest BCUT2D eigenvalue weighted by molar-refractivity contribution is 7.89. The van der Waals surface area contributed by atoms with Crippen molar-refractivity contribution < 1.29 is 8.42 Å². The van der Waals surface area contributed by atoms with Crippen LogP contribution in [0.3, 0.4) is 0 Å². The molecule has 2 unspecified atom stereocenters. The highest BCUT2D eigenvalue weighted by Gasteiger charge is 2.24. The first kappa shape index (κ1) is 19.3. The van der Waals surface area contributed by atoms with Gasteiger partial charge in [-0.3, -0.25) is 0 Å². The van der Waals surface area contributed by atoms with E-state index in [1.807, 2.05) is 67.6 Å². The fraction of sp³-hybridized carbons (Fsp3) is 0.182. The van der Waals surface area contributed by atoms with Crippen molar-refractivity contribution in [3.05, 3.63) is 102 Å². The number of aryl methyl sites for hydroxylation is 1. The average Bonchev–Trinajstić information content (AvgIpc) is 2.70. The first-order valence-electron chi connectivity index (χ1n) is 8.89. The summed E-state index contributed by atoms with van der Waals surface area (Å²) in [5.41, 5.74) is 9.51. The van der Waals surface area contributed by atoms with E-state index in [0.29, 0.717) is 0 Å². The lowest BCUT2D eigenvalue weighted by Gasteiger charge is -2.25. The van der Waals surface area contributed by atoms with Crippen LogP contribution < -0.4 is 10.5 Å². The molecule has 0 fully saturated rings. The van der Waals surface area contributed by atoms with E-state index >= 15 is 0 Å². The van der Waals surface area contributed by atoms with Gasteiger partial charge in [-0.25, -0.2) is 13.1 Å². The van der Waals surface area contributed by atoms with Crippen LogP contribution in [0.25, 0.3) is 0 Å². The van der Waals surface area contributed by atoms with Crippen LogP contribution in [0.5, 0.6) is 0 Å². The maximum Gasteiger partial charge on any atom is 0.240 e. The smallest absolute Gasteiger partial charge is 0.240 e. The summed E-state index contributed by atoms with van der Waals surface area (Å²) in [5, 5.41) is 0. The van der Waals surface area contributed by atoms with Crippen LogP contribution in [-0.4, -0.2) is 15.0 Å². The quantitative estimate of drug-likeness (QED) is 0.656. The molecule has 0 aliphatic rings. The van der Waals surface area contributed by atoms with Gasteiger partial charge in [-0.15, -0.1) is 0 Å². The van der Waals surface area contributed by atoms with E-state index < -0.39 is 10.0 Å². The Morgan fingerprint density at radius 1 is 0.815 bits per heavy atom. The number of hydrogen-bond donors (Lipinski definition) is 2. The molecule has 140 valence electrons. The SMILES string of the molecule is Cc1ccc(S(=O)(=O)NCC(c2ccccc2)C(N)c2ccccc2)cc1. The number of nitrogens with one attached hydrogen (secondary N) is 1. The highest BCUT2D eigenvalue weighted by Crippen LogP contribution is 2.29. The molecule has 0 radical (unpaired) electrons. The molecule has 4 nitrogen and oxygen atoms in total. The van der Waals surface area contributed by atoms with Crippen LogP contribution in [-0.2, 0) is 10.0 Å². The first-order valence-corrected chi connectivity index (χ1v) is 10.4. The second-order valence-electron chi connectivity index (χ2n) is 6.62. The molecule has 3 aromatic carbocycles. The van der Waals surface area contributed by atoms with E-state index in [0.717, 1.165) is 16.7 Å². The lowest BCUT2D eigenvalue weighted by molar-refractivity contribution is 0.528. The van der Waals surface area contributed by atoms with Gasteiger partial charge >= 0.3 is 0 Å². The lowest BCUT2D eigenvalue weighted by Crippen LogP contribution is -2.33. The maximum atomic E-state index is 12.7. The van der Waals surface area contributed by atoms with Gasteiger partial charge in [0.25, 0.3) is 0 Å². The Morgan fingerprint density at radius 3 is 1.89 bits per heavy atom. The summed E-state index contributed by atoms with van der Waals surface area (Å²) in [6, 6.07) is 26.0. The molecular weight excluding hydrogens is 356 g/mol. The van der Waals surface area contributed by atoms with E-state index in [9.17, 15) is 8.42 Å². The van der Waals surface area contributed by atoms with E-state index in [-0.39, 0.29) is 23.4 Å². The van der Waals surface area contributed by atoms with Crippen molar-refractivity contribution in [3.8, 4) is 0 Å². The highest BCUT2D eigenvalue weighted by atomic mass is 32.2. The number of nitrogens with two attached hydrogens (primary N) is 1. The second-order valence-corrected chi connectivity index (χ2v) is 8.39. The van der Waals surface area contributed by atoms with Crippen molar-refractivity contribution in [2.24, 2.45) is 5.73 Å².